The van der Waals surface area contributed by atoms with E-state index in [-0.39, 0.29) is 11.7 Å². The first-order valence-corrected chi connectivity index (χ1v) is 10.7. The average molecular weight is 379 g/mol. The molecule has 0 radical (unpaired) electrons. The van der Waals surface area contributed by atoms with Crippen LogP contribution in [0.4, 0.5) is 4.39 Å². The average Bonchev–Trinajstić information content (AvgIpc) is 3.35. The molecule has 4 rings (SSSR count). The number of benzene rings is 1. The summed E-state index contributed by atoms with van der Waals surface area (Å²) >= 11 is 0. The van der Waals surface area contributed by atoms with Crippen LogP contribution in [0.15, 0.2) is 28.8 Å². The van der Waals surface area contributed by atoms with E-state index in [1.54, 1.807) is 6.07 Å². The van der Waals surface area contributed by atoms with Crippen LogP contribution in [-0.2, 0) is 22.2 Å². The van der Waals surface area contributed by atoms with Gasteiger partial charge in [0, 0.05) is 25.4 Å². The fourth-order valence-corrected chi connectivity index (χ4v) is 5.11. The predicted molar refractivity (Wildman–Crippen MR) is 93.3 cm³/mol. The summed E-state index contributed by atoms with van der Waals surface area (Å²) in [5, 5.41) is 4.02. The molecule has 26 heavy (non-hydrogen) atoms. The number of nitrogens with zero attached hydrogens (tertiary/aromatic N) is 3. The van der Waals surface area contributed by atoms with Gasteiger partial charge in [-0.2, -0.15) is 4.98 Å². The van der Waals surface area contributed by atoms with Crippen LogP contribution in [0.25, 0.3) is 0 Å². The van der Waals surface area contributed by atoms with E-state index in [0.717, 1.165) is 31.5 Å². The van der Waals surface area contributed by atoms with Gasteiger partial charge in [-0.3, -0.25) is 0 Å². The summed E-state index contributed by atoms with van der Waals surface area (Å²) in [5.41, 5.74) is 0.470. The van der Waals surface area contributed by atoms with E-state index in [0.29, 0.717) is 36.9 Å². The lowest BCUT2D eigenvalue weighted by Gasteiger charge is -2.31. The molecule has 2 fully saturated rings. The summed E-state index contributed by atoms with van der Waals surface area (Å²) in [7, 11) is -3.48. The Hall–Kier alpha value is -1.80. The molecule has 0 amide bonds. The van der Waals surface area contributed by atoms with Crippen molar-refractivity contribution in [1.82, 2.24) is 14.4 Å². The summed E-state index contributed by atoms with van der Waals surface area (Å²) in [6.45, 7) is 0.949. The monoisotopic (exact) mass is 379 g/mol. The number of rotatable bonds is 6. The van der Waals surface area contributed by atoms with E-state index in [1.165, 1.54) is 22.5 Å². The van der Waals surface area contributed by atoms with Crippen molar-refractivity contribution in [3.63, 3.8) is 0 Å². The normalized spacial score (nSPS) is 21.8. The Labute approximate surface area is 152 Å². The van der Waals surface area contributed by atoms with Crippen LogP contribution in [-0.4, -0.2) is 36.0 Å². The Kier molecular flexibility index (Phi) is 4.79. The molecule has 1 aromatic heterocycles. The van der Waals surface area contributed by atoms with Gasteiger partial charge in [-0.1, -0.05) is 17.3 Å². The number of hydrogen-bond acceptors (Lipinski definition) is 5. The molecule has 6 nitrogen and oxygen atoms in total. The minimum atomic E-state index is -3.48. The van der Waals surface area contributed by atoms with E-state index in [9.17, 15) is 12.8 Å². The zero-order valence-corrected chi connectivity index (χ0v) is 15.3. The van der Waals surface area contributed by atoms with Crippen molar-refractivity contribution < 1.29 is 17.3 Å². The molecule has 140 valence electrons. The molecule has 0 N–H and O–H groups in total. The van der Waals surface area contributed by atoms with Crippen LogP contribution in [0, 0.1) is 11.7 Å². The first kappa shape index (κ1) is 17.6. The highest BCUT2D eigenvalue weighted by Gasteiger charge is 2.32. The van der Waals surface area contributed by atoms with Crippen molar-refractivity contribution in [2.45, 2.75) is 43.8 Å². The number of halogens is 1. The standard InChI is InChI=1S/C18H22FN3O3S/c19-16-5-1-3-14(9-16)12-26(23,24)22-8-2-4-13(11-22)10-17-20-18(21-25-17)15-6-7-15/h1,3,5,9,13,15H,2,4,6-8,10-12H2. The smallest absolute Gasteiger partial charge is 0.226 e. The van der Waals surface area contributed by atoms with Crippen LogP contribution < -0.4 is 0 Å². The predicted octanol–water partition coefficient (Wildman–Crippen LogP) is 2.87. The second kappa shape index (κ2) is 7.08. The molecule has 1 atom stereocenters. The molecular weight excluding hydrogens is 357 g/mol. The van der Waals surface area contributed by atoms with Crippen molar-refractivity contribution in [3.8, 4) is 0 Å². The van der Waals surface area contributed by atoms with Crippen LogP contribution in [0.3, 0.4) is 0 Å². The fourth-order valence-electron chi connectivity index (χ4n) is 3.48. The van der Waals surface area contributed by atoms with Crippen molar-refractivity contribution in [2.75, 3.05) is 13.1 Å². The van der Waals surface area contributed by atoms with Gasteiger partial charge < -0.3 is 4.52 Å². The second-order valence-electron chi connectivity index (χ2n) is 7.28. The topological polar surface area (TPSA) is 76.3 Å². The second-order valence-corrected chi connectivity index (χ2v) is 9.25. The number of piperidine rings is 1. The van der Waals surface area contributed by atoms with E-state index >= 15 is 0 Å². The largest absolute Gasteiger partial charge is 0.339 e. The minimum Gasteiger partial charge on any atom is -0.339 e. The lowest BCUT2D eigenvalue weighted by molar-refractivity contribution is 0.246. The molecule has 1 aromatic carbocycles. The molecule has 1 saturated carbocycles. The first-order valence-electron chi connectivity index (χ1n) is 9.04. The zero-order valence-electron chi connectivity index (χ0n) is 14.5. The van der Waals surface area contributed by atoms with Crippen LogP contribution in [0.2, 0.25) is 0 Å². The van der Waals surface area contributed by atoms with E-state index < -0.39 is 15.8 Å². The van der Waals surface area contributed by atoms with Gasteiger partial charge in [0.05, 0.1) is 5.75 Å². The van der Waals surface area contributed by atoms with Gasteiger partial charge in [-0.05, 0) is 49.3 Å². The summed E-state index contributed by atoms with van der Waals surface area (Å²) in [6.07, 6.45) is 4.58. The van der Waals surface area contributed by atoms with Gasteiger partial charge in [0.25, 0.3) is 0 Å². The molecule has 1 aliphatic carbocycles. The third-order valence-electron chi connectivity index (χ3n) is 5.00. The van der Waals surface area contributed by atoms with Crippen molar-refractivity contribution in [1.29, 1.82) is 0 Å². The molecular formula is C18H22FN3O3S. The summed E-state index contributed by atoms with van der Waals surface area (Å²) < 4.78 is 45.6. The Morgan fingerprint density at radius 2 is 2.12 bits per heavy atom. The third kappa shape index (κ3) is 4.12. The van der Waals surface area contributed by atoms with Gasteiger partial charge >= 0.3 is 0 Å². The van der Waals surface area contributed by atoms with Gasteiger partial charge in [0.15, 0.2) is 5.82 Å². The number of hydrogen-bond donors (Lipinski definition) is 0. The maximum absolute atomic E-state index is 13.3. The highest BCUT2D eigenvalue weighted by atomic mass is 32.2. The molecule has 0 bridgehead atoms. The fraction of sp³-hybridized carbons (Fsp3) is 0.556. The zero-order chi connectivity index (χ0) is 18.1. The van der Waals surface area contributed by atoms with Crippen LogP contribution in [0.1, 0.15) is 48.9 Å². The van der Waals surface area contributed by atoms with Gasteiger partial charge in [-0.15, -0.1) is 0 Å². The third-order valence-corrected chi connectivity index (χ3v) is 6.82. The Balaban J connectivity index is 1.40. The SMILES string of the molecule is O=S(=O)(Cc1cccc(F)c1)N1CCCC(Cc2nc(C3CC3)no2)C1. The van der Waals surface area contributed by atoms with E-state index in [4.69, 9.17) is 4.52 Å². The van der Waals surface area contributed by atoms with E-state index in [1.807, 2.05) is 0 Å². The van der Waals surface area contributed by atoms with E-state index in [2.05, 4.69) is 10.1 Å². The Morgan fingerprint density at radius 1 is 1.27 bits per heavy atom. The summed E-state index contributed by atoms with van der Waals surface area (Å²) in [4.78, 5) is 4.44. The van der Waals surface area contributed by atoms with Crippen LogP contribution >= 0.6 is 0 Å². The summed E-state index contributed by atoms with van der Waals surface area (Å²) in [6, 6.07) is 5.76. The number of aromatic nitrogens is 2. The molecule has 8 heteroatoms. The first-order chi connectivity index (χ1) is 12.5. The van der Waals surface area contributed by atoms with Gasteiger partial charge in [0.2, 0.25) is 15.9 Å². The Morgan fingerprint density at radius 3 is 2.88 bits per heavy atom. The molecule has 1 unspecified atom stereocenters. The lowest BCUT2D eigenvalue weighted by atomic mass is 9.96. The molecule has 0 spiro atoms. The maximum Gasteiger partial charge on any atom is 0.226 e. The molecule has 2 heterocycles. The molecule has 2 aromatic rings. The lowest BCUT2D eigenvalue weighted by Crippen LogP contribution is -2.41. The molecule has 1 saturated heterocycles. The Bertz CT molecular complexity index is 879. The van der Waals surface area contributed by atoms with Crippen molar-refractivity contribution >= 4 is 10.0 Å². The van der Waals surface area contributed by atoms with Gasteiger partial charge in [-0.25, -0.2) is 17.1 Å². The van der Waals surface area contributed by atoms with Crippen molar-refractivity contribution in [3.05, 3.63) is 47.4 Å². The van der Waals surface area contributed by atoms with Crippen LogP contribution in [0.5, 0.6) is 0 Å². The molecule has 1 aliphatic heterocycles. The maximum atomic E-state index is 13.3. The molecule has 2 aliphatic rings. The highest BCUT2D eigenvalue weighted by molar-refractivity contribution is 7.88. The number of sulfonamides is 1. The minimum absolute atomic E-state index is 0.165. The van der Waals surface area contributed by atoms with Crippen molar-refractivity contribution in [2.24, 2.45) is 5.92 Å². The van der Waals surface area contributed by atoms with Gasteiger partial charge in [0.1, 0.15) is 5.82 Å². The summed E-state index contributed by atoms with van der Waals surface area (Å²) in [5.74, 6) is 1.40. The highest BCUT2D eigenvalue weighted by Crippen LogP contribution is 2.38. The quantitative estimate of drug-likeness (QED) is 0.771.